The highest BCUT2D eigenvalue weighted by molar-refractivity contribution is 5.92. The van der Waals surface area contributed by atoms with E-state index in [2.05, 4.69) is 4.98 Å². The maximum atomic E-state index is 11.1. The van der Waals surface area contributed by atoms with E-state index in [1.165, 1.54) is 12.1 Å². The minimum atomic E-state index is -0.501. The van der Waals surface area contributed by atoms with Gasteiger partial charge in [0.25, 0.3) is 11.6 Å². The van der Waals surface area contributed by atoms with Crippen LogP contribution in [0.1, 0.15) is 10.5 Å². The molecular formula is C17H13N3O3. The molecule has 6 nitrogen and oxygen atoms in total. The molecule has 1 amide bonds. The Morgan fingerprint density at radius 1 is 0.870 bits per heavy atom. The first-order chi connectivity index (χ1) is 11.0. The Balaban J connectivity index is 1.86. The van der Waals surface area contributed by atoms with Gasteiger partial charge < -0.3 is 10.7 Å². The third-order valence-corrected chi connectivity index (χ3v) is 3.56. The molecule has 0 bridgehead atoms. The van der Waals surface area contributed by atoms with Crippen LogP contribution in [0.4, 0.5) is 5.69 Å². The molecule has 3 rings (SSSR count). The molecule has 0 aliphatic rings. The van der Waals surface area contributed by atoms with Gasteiger partial charge in [-0.1, -0.05) is 24.3 Å². The van der Waals surface area contributed by atoms with E-state index in [1.54, 1.807) is 24.3 Å². The number of primary amides is 1. The van der Waals surface area contributed by atoms with Crippen molar-refractivity contribution in [2.45, 2.75) is 0 Å². The van der Waals surface area contributed by atoms with Crippen LogP contribution >= 0.6 is 0 Å². The Bertz CT molecular complexity index is 865. The Morgan fingerprint density at radius 3 is 1.87 bits per heavy atom. The van der Waals surface area contributed by atoms with E-state index in [-0.39, 0.29) is 5.69 Å². The standard InChI is InChI=1S/C17H13N3O3/c18-17(21)16-10-9-15(19-16)13-3-1-11(2-4-13)12-5-7-14(8-6-12)20(22)23/h1-10,19H,(H2,18,21). The summed E-state index contributed by atoms with van der Waals surface area (Å²) in [5.41, 5.74) is 9.21. The first kappa shape index (κ1) is 14.5. The van der Waals surface area contributed by atoms with E-state index in [4.69, 9.17) is 5.73 Å². The van der Waals surface area contributed by atoms with Gasteiger partial charge in [0.1, 0.15) is 5.69 Å². The molecule has 0 fully saturated rings. The number of nitrogens with two attached hydrogens (primary N) is 1. The second-order valence-corrected chi connectivity index (χ2v) is 5.03. The molecular weight excluding hydrogens is 294 g/mol. The zero-order valence-corrected chi connectivity index (χ0v) is 12.0. The Hall–Kier alpha value is -3.41. The Kier molecular flexibility index (Phi) is 3.64. The van der Waals surface area contributed by atoms with Crippen LogP contribution in [0, 0.1) is 10.1 Å². The Morgan fingerprint density at radius 2 is 1.39 bits per heavy atom. The second kappa shape index (κ2) is 5.76. The molecule has 0 aliphatic heterocycles. The van der Waals surface area contributed by atoms with Crippen molar-refractivity contribution in [1.82, 2.24) is 4.98 Å². The number of H-pyrrole nitrogens is 1. The first-order valence-corrected chi connectivity index (χ1v) is 6.88. The van der Waals surface area contributed by atoms with Crippen molar-refractivity contribution in [2.75, 3.05) is 0 Å². The summed E-state index contributed by atoms with van der Waals surface area (Å²) in [5.74, 6) is -0.501. The fourth-order valence-electron chi connectivity index (χ4n) is 2.33. The third kappa shape index (κ3) is 2.96. The van der Waals surface area contributed by atoms with E-state index in [1.807, 2.05) is 24.3 Å². The number of hydrogen-bond acceptors (Lipinski definition) is 3. The largest absolute Gasteiger partial charge is 0.364 e. The summed E-state index contributed by atoms with van der Waals surface area (Å²) < 4.78 is 0. The average Bonchev–Trinajstić information content (AvgIpc) is 3.05. The minimum Gasteiger partial charge on any atom is -0.364 e. The van der Waals surface area contributed by atoms with E-state index in [9.17, 15) is 14.9 Å². The molecule has 3 aromatic rings. The van der Waals surface area contributed by atoms with Crippen molar-refractivity contribution in [1.29, 1.82) is 0 Å². The van der Waals surface area contributed by atoms with E-state index < -0.39 is 10.8 Å². The van der Waals surface area contributed by atoms with Gasteiger partial charge in [0.15, 0.2) is 0 Å². The van der Waals surface area contributed by atoms with Crippen molar-refractivity contribution < 1.29 is 9.72 Å². The molecule has 0 spiro atoms. The van der Waals surface area contributed by atoms with Crippen molar-refractivity contribution in [2.24, 2.45) is 5.73 Å². The first-order valence-electron chi connectivity index (χ1n) is 6.88. The highest BCUT2D eigenvalue weighted by Crippen LogP contribution is 2.26. The van der Waals surface area contributed by atoms with Crippen molar-refractivity contribution in [3.63, 3.8) is 0 Å². The maximum absolute atomic E-state index is 11.1. The van der Waals surface area contributed by atoms with Gasteiger partial charge in [-0.3, -0.25) is 14.9 Å². The maximum Gasteiger partial charge on any atom is 0.269 e. The number of rotatable bonds is 4. The predicted molar refractivity (Wildman–Crippen MR) is 86.8 cm³/mol. The van der Waals surface area contributed by atoms with Gasteiger partial charge in [0, 0.05) is 17.8 Å². The van der Waals surface area contributed by atoms with Crippen molar-refractivity contribution >= 4 is 11.6 Å². The van der Waals surface area contributed by atoms with Crippen molar-refractivity contribution in [3.8, 4) is 22.4 Å². The molecule has 0 saturated heterocycles. The molecule has 23 heavy (non-hydrogen) atoms. The fourth-order valence-corrected chi connectivity index (χ4v) is 2.33. The number of carbonyl (C=O) groups excluding carboxylic acids is 1. The molecule has 0 unspecified atom stereocenters. The number of hydrogen-bond donors (Lipinski definition) is 2. The number of benzene rings is 2. The van der Waals surface area contributed by atoms with Crippen molar-refractivity contribution in [3.05, 3.63) is 76.5 Å². The monoisotopic (exact) mass is 307 g/mol. The van der Waals surface area contributed by atoms with Crippen LogP contribution in [-0.4, -0.2) is 15.8 Å². The fraction of sp³-hybridized carbons (Fsp3) is 0. The highest BCUT2D eigenvalue weighted by Gasteiger charge is 2.07. The quantitative estimate of drug-likeness (QED) is 0.570. The number of amides is 1. The molecule has 0 atom stereocenters. The summed E-state index contributed by atoms with van der Waals surface area (Å²) >= 11 is 0. The highest BCUT2D eigenvalue weighted by atomic mass is 16.6. The minimum absolute atomic E-state index is 0.0655. The molecule has 1 aromatic heterocycles. The lowest BCUT2D eigenvalue weighted by atomic mass is 10.0. The normalized spacial score (nSPS) is 10.4. The molecule has 0 saturated carbocycles. The van der Waals surface area contributed by atoms with Gasteiger partial charge in [-0.25, -0.2) is 0 Å². The number of aromatic nitrogens is 1. The molecule has 2 aromatic carbocycles. The average molecular weight is 307 g/mol. The lowest BCUT2D eigenvalue weighted by Crippen LogP contribution is -2.10. The summed E-state index contributed by atoms with van der Waals surface area (Å²) in [5, 5.41) is 10.7. The van der Waals surface area contributed by atoms with Crippen LogP contribution in [-0.2, 0) is 0 Å². The van der Waals surface area contributed by atoms with Gasteiger partial charge in [0.2, 0.25) is 0 Å². The summed E-state index contributed by atoms with van der Waals surface area (Å²) in [6.45, 7) is 0. The number of non-ortho nitro benzene ring substituents is 1. The summed E-state index contributed by atoms with van der Waals surface area (Å²) in [4.78, 5) is 24.3. The summed E-state index contributed by atoms with van der Waals surface area (Å²) in [6.07, 6.45) is 0. The van der Waals surface area contributed by atoms with Gasteiger partial charge in [-0.2, -0.15) is 0 Å². The zero-order chi connectivity index (χ0) is 16.4. The predicted octanol–water partition coefficient (Wildman–Crippen LogP) is 3.36. The molecule has 114 valence electrons. The van der Waals surface area contributed by atoms with E-state index >= 15 is 0 Å². The van der Waals surface area contributed by atoms with Gasteiger partial charge in [0.05, 0.1) is 4.92 Å². The van der Waals surface area contributed by atoms with Crippen LogP contribution < -0.4 is 5.73 Å². The smallest absolute Gasteiger partial charge is 0.269 e. The van der Waals surface area contributed by atoms with Crippen LogP contribution in [0.25, 0.3) is 22.4 Å². The second-order valence-electron chi connectivity index (χ2n) is 5.03. The molecule has 0 aliphatic carbocycles. The number of carbonyl (C=O) groups is 1. The van der Waals surface area contributed by atoms with E-state index in [0.717, 1.165) is 22.4 Å². The van der Waals surface area contributed by atoms with Gasteiger partial charge >= 0.3 is 0 Å². The van der Waals surface area contributed by atoms with E-state index in [0.29, 0.717) is 5.69 Å². The SMILES string of the molecule is NC(=O)c1ccc(-c2ccc(-c3ccc([N+](=O)[O-])cc3)cc2)[nH]1. The van der Waals surface area contributed by atoms with Gasteiger partial charge in [-0.15, -0.1) is 0 Å². The number of nitro benzene ring substituents is 1. The number of nitro groups is 1. The van der Waals surface area contributed by atoms with Crippen LogP contribution in [0.5, 0.6) is 0 Å². The van der Waals surface area contributed by atoms with Crippen LogP contribution in [0.15, 0.2) is 60.7 Å². The molecule has 1 heterocycles. The van der Waals surface area contributed by atoms with Crippen LogP contribution in [0.3, 0.4) is 0 Å². The topological polar surface area (TPSA) is 102 Å². The Labute approximate surface area is 131 Å². The number of nitrogens with zero attached hydrogens (tertiary/aromatic N) is 1. The molecule has 3 N–H and O–H groups in total. The summed E-state index contributed by atoms with van der Waals surface area (Å²) in [7, 11) is 0. The third-order valence-electron chi connectivity index (χ3n) is 3.56. The molecule has 0 radical (unpaired) electrons. The van der Waals surface area contributed by atoms with Crippen LogP contribution in [0.2, 0.25) is 0 Å². The van der Waals surface area contributed by atoms with Gasteiger partial charge in [-0.05, 0) is 41.0 Å². The zero-order valence-electron chi connectivity index (χ0n) is 12.0. The number of aromatic amines is 1. The lowest BCUT2D eigenvalue weighted by molar-refractivity contribution is -0.384. The molecule has 6 heteroatoms. The lowest BCUT2D eigenvalue weighted by Gasteiger charge is -2.04. The summed E-state index contributed by atoms with van der Waals surface area (Å²) in [6, 6.07) is 17.5. The number of nitrogens with one attached hydrogen (secondary N) is 1.